The zero-order chi connectivity index (χ0) is 21.4. The van der Waals surface area contributed by atoms with E-state index in [-0.39, 0.29) is 17.0 Å². The van der Waals surface area contributed by atoms with Crippen molar-refractivity contribution in [3.8, 4) is 11.3 Å². The molecule has 1 aromatic heterocycles. The van der Waals surface area contributed by atoms with Crippen LogP contribution < -0.4 is 5.56 Å². The van der Waals surface area contributed by atoms with Crippen molar-refractivity contribution in [1.82, 2.24) is 19.7 Å². The summed E-state index contributed by atoms with van der Waals surface area (Å²) in [5.41, 5.74) is 3.93. The summed E-state index contributed by atoms with van der Waals surface area (Å²) in [5, 5.41) is 7.57. The molecule has 0 spiro atoms. The molecule has 0 amide bonds. The largest absolute Gasteiger partial charge is 0.465 e. The highest BCUT2D eigenvalue weighted by Gasteiger charge is 2.24. The van der Waals surface area contributed by atoms with E-state index in [0.717, 1.165) is 22.0 Å². The Morgan fingerprint density at radius 3 is 2.68 bits per heavy atom. The van der Waals surface area contributed by atoms with Gasteiger partial charge in [-0.2, -0.15) is 5.10 Å². The van der Waals surface area contributed by atoms with E-state index < -0.39 is 5.97 Å². The highest BCUT2D eigenvalue weighted by atomic mass is 16.5. The van der Waals surface area contributed by atoms with Crippen molar-refractivity contribution >= 4 is 16.9 Å². The monoisotopic (exact) mass is 412 g/mol. The number of hydrogen-bond acceptors (Lipinski definition) is 4. The first-order valence-corrected chi connectivity index (χ1v) is 9.93. The van der Waals surface area contributed by atoms with Gasteiger partial charge < -0.3 is 14.3 Å². The van der Waals surface area contributed by atoms with Gasteiger partial charge in [-0.15, -0.1) is 0 Å². The molecule has 2 N–H and O–H groups in total. The summed E-state index contributed by atoms with van der Waals surface area (Å²) in [6.45, 7) is 0.524. The number of benzene rings is 2. The Balaban J connectivity index is 1.66. The van der Waals surface area contributed by atoms with Crippen LogP contribution >= 0.6 is 0 Å². The molecule has 0 radical (unpaired) electrons. The molecule has 0 bridgehead atoms. The number of nitrogens with one attached hydrogen (secondary N) is 2. The van der Waals surface area contributed by atoms with Crippen molar-refractivity contribution in [2.45, 2.75) is 12.5 Å². The molecule has 5 rings (SSSR count). The molecule has 31 heavy (non-hydrogen) atoms. The van der Waals surface area contributed by atoms with Crippen LogP contribution in [0.3, 0.4) is 0 Å². The van der Waals surface area contributed by atoms with Crippen molar-refractivity contribution in [2.75, 3.05) is 7.11 Å². The molecule has 1 atom stereocenters. The molecule has 2 aliphatic rings. The molecule has 2 aliphatic heterocycles. The third kappa shape index (κ3) is 3.30. The van der Waals surface area contributed by atoms with Gasteiger partial charge in [-0.1, -0.05) is 48.5 Å². The lowest BCUT2D eigenvalue weighted by Crippen LogP contribution is -2.16. The molecule has 0 fully saturated rings. The van der Waals surface area contributed by atoms with Crippen LogP contribution in [0.15, 0.2) is 78.0 Å². The minimum absolute atomic E-state index is 0.00713. The summed E-state index contributed by atoms with van der Waals surface area (Å²) < 4.78 is 6.78. The maximum Gasteiger partial charge on any atom is 0.341 e. The zero-order valence-electron chi connectivity index (χ0n) is 16.8. The lowest BCUT2D eigenvalue weighted by molar-refractivity contribution is 0.0600. The maximum atomic E-state index is 12.4. The number of para-hydroxylation sites is 1. The Morgan fingerprint density at radius 2 is 1.87 bits per heavy atom. The predicted octanol–water partition coefficient (Wildman–Crippen LogP) is 3.78. The van der Waals surface area contributed by atoms with Gasteiger partial charge in [-0.25, -0.2) is 9.89 Å². The topological polar surface area (TPSA) is 92.8 Å². The molecule has 3 aromatic rings. The third-order valence-corrected chi connectivity index (χ3v) is 5.61. The summed E-state index contributed by atoms with van der Waals surface area (Å²) in [6.07, 6.45) is 5.46. The maximum absolute atomic E-state index is 12.4. The fourth-order valence-corrected chi connectivity index (χ4v) is 4.12. The summed E-state index contributed by atoms with van der Waals surface area (Å²) in [6, 6.07) is 18.3. The number of aromatic amines is 2. The molecule has 2 aromatic carbocycles. The van der Waals surface area contributed by atoms with Crippen LogP contribution in [0.25, 0.3) is 22.2 Å². The quantitative estimate of drug-likeness (QED) is 0.430. The number of methoxy groups -OCH3 is 1. The minimum atomic E-state index is -0.533. The average molecular weight is 412 g/mol. The van der Waals surface area contributed by atoms with Gasteiger partial charge in [0.2, 0.25) is 0 Å². The van der Waals surface area contributed by atoms with Crippen LogP contribution in [0, 0.1) is 0 Å². The zero-order valence-corrected chi connectivity index (χ0v) is 16.8. The highest BCUT2D eigenvalue weighted by Crippen LogP contribution is 2.33. The molecular formula is C24H20N4O3. The standard InChI is InChI=1S/C24H20N4O3/c1-31-24(30)20-14-28(13-19-22(20)26-27-23(19)29)12-18(15-7-3-2-4-8-15)17-11-25-21-10-6-5-9-16(17)21/h2-11,13-14,18,25H,12H2,1H3,(H,27,29)/t18-/m1/s1. The number of carbonyl (C=O) groups excluding carboxylic acids is 1. The van der Waals surface area contributed by atoms with Crippen LogP contribution in [0.4, 0.5) is 0 Å². The van der Waals surface area contributed by atoms with Crippen molar-refractivity contribution < 1.29 is 9.53 Å². The van der Waals surface area contributed by atoms with Crippen LogP contribution in [-0.2, 0) is 11.3 Å². The summed E-state index contributed by atoms with van der Waals surface area (Å²) in [4.78, 5) is 28.0. The average Bonchev–Trinajstić information content (AvgIpc) is 3.41. The normalized spacial score (nSPS) is 12.3. The molecule has 0 aliphatic carbocycles. The number of rotatable bonds is 5. The second kappa shape index (κ2) is 7.60. The SMILES string of the molecule is COC(=O)c1cn(C[C@H](c2ccccc2)c2c[nH]c3ccccc23)cc2c(=O)[nH]nc1-2. The molecule has 7 heteroatoms. The van der Waals surface area contributed by atoms with E-state index in [2.05, 4.69) is 33.4 Å². The first-order chi connectivity index (χ1) is 15.2. The van der Waals surface area contributed by atoms with E-state index in [1.807, 2.05) is 47.2 Å². The van der Waals surface area contributed by atoms with E-state index in [9.17, 15) is 9.59 Å². The number of pyridine rings is 1. The number of esters is 1. The second-order valence-electron chi connectivity index (χ2n) is 7.43. The van der Waals surface area contributed by atoms with E-state index >= 15 is 0 Å². The first-order valence-electron chi connectivity index (χ1n) is 9.93. The molecule has 0 unspecified atom stereocenters. The first kappa shape index (κ1) is 18.9. The third-order valence-electron chi connectivity index (χ3n) is 5.61. The van der Waals surface area contributed by atoms with Crippen molar-refractivity contribution in [3.05, 3.63) is 100 Å². The number of nitrogens with zero attached hydrogens (tertiary/aromatic N) is 2. The Kier molecular flexibility index (Phi) is 4.63. The summed E-state index contributed by atoms with van der Waals surface area (Å²) in [7, 11) is 1.31. The Hall–Kier alpha value is -4.13. The van der Waals surface area contributed by atoms with Crippen LogP contribution in [0.5, 0.6) is 0 Å². The Morgan fingerprint density at radius 1 is 1.10 bits per heavy atom. The number of aromatic nitrogens is 4. The fraction of sp³-hybridized carbons (Fsp3) is 0.125. The fourth-order valence-electron chi connectivity index (χ4n) is 4.12. The molecule has 3 heterocycles. The van der Waals surface area contributed by atoms with Crippen molar-refractivity contribution in [1.29, 1.82) is 0 Å². The van der Waals surface area contributed by atoms with E-state index in [0.29, 0.717) is 17.8 Å². The van der Waals surface area contributed by atoms with Crippen LogP contribution in [0.1, 0.15) is 27.4 Å². The number of carbonyl (C=O) groups is 1. The predicted molar refractivity (Wildman–Crippen MR) is 117 cm³/mol. The highest BCUT2D eigenvalue weighted by molar-refractivity contribution is 5.96. The van der Waals surface area contributed by atoms with Gasteiger partial charge in [0, 0.05) is 42.0 Å². The van der Waals surface area contributed by atoms with Gasteiger partial charge in [-0.3, -0.25) is 4.79 Å². The van der Waals surface area contributed by atoms with Gasteiger partial charge in [0.25, 0.3) is 5.56 Å². The molecule has 7 nitrogen and oxygen atoms in total. The molecular weight excluding hydrogens is 392 g/mol. The lowest BCUT2D eigenvalue weighted by atomic mass is 9.90. The number of H-pyrrole nitrogens is 2. The summed E-state index contributed by atoms with van der Waals surface area (Å²) >= 11 is 0. The lowest BCUT2D eigenvalue weighted by Gasteiger charge is -2.20. The van der Waals surface area contributed by atoms with E-state index in [1.54, 1.807) is 12.4 Å². The molecule has 0 saturated heterocycles. The minimum Gasteiger partial charge on any atom is -0.465 e. The second-order valence-corrected chi connectivity index (χ2v) is 7.43. The van der Waals surface area contributed by atoms with Gasteiger partial charge in [-0.05, 0) is 17.2 Å². The van der Waals surface area contributed by atoms with Gasteiger partial charge in [0.05, 0.1) is 12.7 Å². The van der Waals surface area contributed by atoms with Crippen LogP contribution in [0.2, 0.25) is 0 Å². The molecule has 154 valence electrons. The van der Waals surface area contributed by atoms with Crippen LogP contribution in [-0.4, -0.2) is 32.8 Å². The number of ether oxygens (including phenoxy) is 1. The summed E-state index contributed by atoms with van der Waals surface area (Å²) in [5.74, 6) is -0.540. The number of hydrogen-bond donors (Lipinski definition) is 2. The van der Waals surface area contributed by atoms with Gasteiger partial charge in [0.15, 0.2) is 0 Å². The molecule has 0 saturated carbocycles. The number of fused-ring (bicyclic) bond motifs is 2. The van der Waals surface area contributed by atoms with Gasteiger partial charge in [0.1, 0.15) is 11.3 Å². The Bertz CT molecular complexity index is 1400. The van der Waals surface area contributed by atoms with E-state index in [1.165, 1.54) is 7.11 Å². The van der Waals surface area contributed by atoms with Gasteiger partial charge >= 0.3 is 5.97 Å². The van der Waals surface area contributed by atoms with Crippen molar-refractivity contribution in [3.63, 3.8) is 0 Å². The Labute approximate surface area is 177 Å². The smallest absolute Gasteiger partial charge is 0.341 e. The van der Waals surface area contributed by atoms with Crippen molar-refractivity contribution in [2.24, 2.45) is 0 Å². The van der Waals surface area contributed by atoms with E-state index in [4.69, 9.17) is 4.74 Å².